The average Bonchev–Trinajstić information content (AvgIpc) is 3.21. The van der Waals surface area contributed by atoms with Gasteiger partial charge in [-0.15, -0.1) is 34.2 Å². The first-order chi connectivity index (χ1) is 14.2. The number of likely N-dealkylation sites (tertiary alicyclic amines) is 1. The third-order valence-corrected chi connectivity index (χ3v) is 5.67. The lowest BCUT2D eigenvalue weighted by molar-refractivity contribution is 0.178. The Bertz CT molecular complexity index is 764. The molecule has 0 aliphatic carbocycles. The van der Waals surface area contributed by atoms with E-state index in [1.165, 1.54) is 37.1 Å². The van der Waals surface area contributed by atoms with Crippen LogP contribution in [0.15, 0.2) is 35.6 Å². The maximum atomic E-state index is 4.36. The van der Waals surface area contributed by atoms with Gasteiger partial charge in [-0.3, -0.25) is 9.89 Å². The van der Waals surface area contributed by atoms with Gasteiger partial charge in [0.25, 0.3) is 0 Å². The molecule has 8 heteroatoms. The number of halogens is 1. The van der Waals surface area contributed by atoms with Crippen molar-refractivity contribution in [1.29, 1.82) is 0 Å². The van der Waals surface area contributed by atoms with Crippen molar-refractivity contribution in [2.75, 3.05) is 33.2 Å². The summed E-state index contributed by atoms with van der Waals surface area (Å²) in [5.74, 6) is 2.60. The molecule has 1 aromatic carbocycles. The lowest BCUT2D eigenvalue weighted by Crippen LogP contribution is -2.43. The second-order valence-electron chi connectivity index (χ2n) is 7.88. The van der Waals surface area contributed by atoms with Crippen LogP contribution in [0, 0.1) is 12.8 Å². The predicted octanol–water partition coefficient (Wildman–Crippen LogP) is 2.84. The molecule has 30 heavy (non-hydrogen) atoms. The minimum absolute atomic E-state index is 0. The van der Waals surface area contributed by atoms with Gasteiger partial charge >= 0.3 is 0 Å². The van der Waals surface area contributed by atoms with Gasteiger partial charge in [0.15, 0.2) is 5.96 Å². The maximum Gasteiger partial charge on any atom is 0.191 e. The van der Waals surface area contributed by atoms with Gasteiger partial charge in [0.1, 0.15) is 12.2 Å². The summed E-state index contributed by atoms with van der Waals surface area (Å²) in [5.41, 5.74) is 2.74. The molecule has 0 saturated carbocycles. The van der Waals surface area contributed by atoms with Crippen LogP contribution in [0.1, 0.15) is 36.7 Å². The smallest absolute Gasteiger partial charge is 0.191 e. The number of hydrogen-bond donors (Lipinski definition) is 2. The van der Waals surface area contributed by atoms with Crippen molar-refractivity contribution in [1.82, 2.24) is 30.3 Å². The highest BCUT2D eigenvalue weighted by atomic mass is 127. The molecule has 0 bridgehead atoms. The average molecular weight is 525 g/mol. The number of nitrogens with one attached hydrogen (secondary N) is 2. The van der Waals surface area contributed by atoms with E-state index in [1.54, 1.807) is 6.33 Å². The highest BCUT2D eigenvalue weighted by molar-refractivity contribution is 14.0. The molecule has 0 atom stereocenters. The number of aromatic nitrogens is 3. The normalized spacial score (nSPS) is 15.6. The number of nitrogens with zero attached hydrogens (tertiary/aromatic N) is 5. The van der Waals surface area contributed by atoms with Gasteiger partial charge in [0.2, 0.25) is 0 Å². The summed E-state index contributed by atoms with van der Waals surface area (Å²) in [5, 5.41) is 15.0. The topological polar surface area (TPSA) is 70.4 Å². The van der Waals surface area contributed by atoms with Crippen LogP contribution in [-0.4, -0.2) is 58.9 Å². The number of aryl methyl sites for hydroxylation is 2. The van der Waals surface area contributed by atoms with Crippen molar-refractivity contribution in [3.8, 4) is 0 Å². The SMILES string of the molecule is CCc1nncn1CCNC(=NC)NCC1CCN(Cc2ccc(C)cc2)CC1.I. The summed E-state index contributed by atoms with van der Waals surface area (Å²) in [6.07, 6.45) is 5.16. The summed E-state index contributed by atoms with van der Waals surface area (Å²) < 4.78 is 2.09. The van der Waals surface area contributed by atoms with Gasteiger partial charge in [-0.2, -0.15) is 0 Å². The fourth-order valence-corrected chi connectivity index (χ4v) is 3.80. The van der Waals surface area contributed by atoms with Crippen LogP contribution >= 0.6 is 24.0 Å². The van der Waals surface area contributed by atoms with Crippen LogP contribution in [0.25, 0.3) is 0 Å². The van der Waals surface area contributed by atoms with Crippen LogP contribution in [-0.2, 0) is 19.5 Å². The van der Waals surface area contributed by atoms with Crippen LogP contribution in [0.2, 0.25) is 0 Å². The van der Waals surface area contributed by atoms with E-state index in [9.17, 15) is 0 Å². The van der Waals surface area contributed by atoms with Gasteiger partial charge in [-0.05, 0) is 44.3 Å². The zero-order valence-corrected chi connectivity index (χ0v) is 20.8. The van der Waals surface area contributed by atoms with Crippen molar-refractivity contribution < 1.29 is 0 Å². The molecule has 0 amide bonds. The molecular weight excluding hydrogens is 489 g/mol. The van der Waals surface area contributed by atoms with E-state index in [0.29, 0.717) is 5.92 Å². The summed E-state index contributed by atoms with van der Waals surface area (Å²) >= 11 is 0. The Morgan fingerprint density at radius 3 is 2.57 bits per heavy atom. The molecule has 0 unspecified atom stereocenters. The molecule has 1 aliphatic heterocycles. The fourth-order valence-electron chi connectivity index (χ4n) is 3.80. The van der Waals surface area contributed by atoms with Crippen molar-refractivity contribution in [3.05, 3.63) is 47.5 Å². The zero-order chi connectivity index (χ0) is 20.5. The van der Waals surface area contributed by atoms with E-state index in [2.05, 4.69) is 73.4 Å². The number of rotatable bonds is 8. The number of piperidine rings is 1. The second-order valence-corrected chi connectivity index (χ2v) is 7.88. The molecule has 3 rings (SSSR count). The largest absolute Gasteiger partial charge is 0.356 e. The Morgan fingerprint density at radius 2 is 1.90 bits per heavy atom. The molecule has 166 valence electrons. The van der Waals surface area contributed by atoms with E-state index in [-0.39, 0.29) is 24.0 Å². The van der Waals surface area contributed by atoms with Crippen LogP contribution < -0.4 is 10.6 Å². The standard InChI is InChI=1S/C22H35N7.HI/c1-4-21-27-26-17-29(21)14-11-24-22(23-3)25-15-19-9-12-28(13-10-19)16-20-7-5-18(2)6-8-20;/h5-8,17,19H,4,9-16H2,1-3H3,(H2,23,24,25);1H. The van der Waals surface area contributed by atoms with E-state index >= 15 is 0 Å². The number of hydrogen-bond acceptors (Lipinski definition) is 4. The van der Waals surface area contributed by atoms with Crippen molar-refractivity contribution in [2.45, 2.75) is 46.2 Å². The monoisotopic (exact) mass is 525 g/mol. The second kappa shape index (κ2) is 12.9. The zero-order valence-electron chi connectivity index (χ0n) is 18.5. The molecule has 1 saturated heterocycles. The molecule has 7 nitrogen and oxygen atoms in total. The van der Waals surface area contributed by atoms with Crippen LogP contribution in [0.4, 0.5) is 0 Å². The lowest BCUT2D eigenvalue weighted by atomic mass is 9.96. The quantitative estimate of drug-likeness (QED) is 0.315. The Kier molecular flexibility index (Phi) is 10.6. The molecule has 1 fully saturated rings. The maximum absolute atomic E-state index is 4.36. The van der Waals surface area contributed by atoms with Crippen molar-refractivity contribution >= 4 is 29.9 Å². The summed E-state index contributed by atoms with van der Waals surface area (Å²) in [4.78, 5) is 6.92. The number of benzene rings is 1. The van der Waals surface area contributed by atoms with Gasteiger partial charge in [-0.1, -0.05) is 36.8 Å². The minimum Gasteiger partial charge on any atom is -0.356 e. The van der Waals surface area contributed by atoms with Gasteiger partial charge in [-0.25, -0.2) is 0 Å². The molecular formula is C22H36IN7. The van der Waals surface area contributed by atoms with E-state index < -0.39 is 0 Å². The molecule has 2 N–H and O–H groups in total. The van der Waals surface area contributed by atoms with Gasteiger partial charge in [0, 0.05) is 39.6 Å². The lowest BCUT2D eigenvalue weighted by Gasteiger charge is -2.32. The highest BCUT2D eigenvalue weighted by Crippen LogP contribution is 2.18. The number of guanidine groups is 1. The molecule has 0 radical (unpaired) electrons. The minimum atomic E-state index is 0. The van der Waals surface area contributed by atoms with Crippen molar-refractivity contribution in [2.24, 2.45) is 10.9 Å². The highest BCUT2D eigenvalue weighted by Gasteiger charge is 2.19. The van der Waals surface area contributed by atoms with Crippen LogP contribution in [0.5, 0.6) is 0 Å². The van der Waals surface area contributed by atoms with Crippen molar-refractivity contribution in [3.63, 3.8) is 0 Å². The molecule has 2 aromatic rings. The summed E-state index contributed by atoms with van der Waals surface area (Å²) in [6, 6.07) is 8.91. The predicted molar refractivity (Wildman–Crippen MR) is 133 cm³/mol. The molecule has 1 aromatic heterocycles. The Morgan fingerprint density at radius 1 is 1.17 bits per heavy atom. The first kappa shape index (κ1) is 24.6. The summed E-state index contributed by atoms with van der Waals surface area (Å²) in [6.45, 7) is 10.3. The third kappa shape index (κ3) is 7.54. The fraction of sp³-hybridized carbons (Fsp3) is 0.591. The first-order valence-electron chi connectivity index (χ1n) is 10.8. The Labute approximate surface area is 197 Å². The third-order valence-electron chi connectivity index (χ3n) is 5.67. The summed E-state index contributed by atoms with van der Waals surface area (Å²) in [7, 11) is 1.83. The molecule has 1 aliphatic rings. The van der Waals surface area contributed by atoms with E-state index in [1.807, 2.05) is 7.05 Å². The van der Waals surface area contributed by atoms with Gasteiger partial charge < -0.3 is 15.2 Å². The first-order valence-corrected chi connectivity index (χ1v) is 10.8. The van der Waals surface area contributed by atoms with Crippen LogP contribution in [0.3, 0.4) is 0 Å². The number of aliphatic imine (C=N–C) groups is 1. The van der Waals surface area contributed by atoms with E-state index in [4.69, 9.17) is 0 Å². The molecule has 2 heterocycles. The Balaban J connectivity index is 0.00000320. The molecule has 0 spiro atoms. The van der Waals surface area contributed by atoms with E-state index in [0.717, 1.165) is 44.4 Å². The van der Waals surface area contributed by atoms with Gasteiger partial charge in [0.05, 0.1) is 0 Å². The Hall–Kier alpha value is -1.68.